The quantitative estimate of drug-likeness (QED) is 0.322. The van der Waals surface area contributed by atoms with Crippen LogP contribution in [0, 0.1) is 0 Å². The number of anilines is 1. The zero-order valence-electron chi connectivity index (χ0n) is 18.4. The first-order valence-electron chi connectivity index (χ1n) is 10.4. The summed E-state index contributed by atoms with van der Waals surface area (Å²) in [5, 5.41) is 18.2. The van der Waals surface area contributed by atoms with E-state index in [1.165, 1.54) is 19.1 Å². The third-order valence-corrected chi connectivity index (χ3v) is 8.23. The molecule has 178 valence electrons. The molecule has 3 N–H and O–H groups in total. The van der Waals surface area contributed by atoms with Gasteiger partial charge in [-0.1, -0.05) is 48.0 Å². The fourth-order valence-electron chi connectivity index (χ4n) is 3.65. The number of benzene rings is 2. The Labute approximate surface area is 206 Å². The molecule has 0 aliphatic heterocycles. The van der Waals surface area contributed by atoms with Gasteiger partial charge in [0.1, 0.15) is 4.21 Å². The summed E-state index contributed by atoms with van der Waals surface area (Å²) in [7, 11) is -3.92. The second kappa shape index (κ2) is 9.75. The first-order chi connectivity index (χ1) is 16.1. The Morgan fingerprint density at radius 3 is 2.59 bits per heavy atom. The molecular weight excluding hydrogens is 496 g/mol. The number of aliphatic hydroxyl groups is 1. The van der Waals surface area contributed by atoms with Gasteiger partial charge in [0.15, 0.2) is 5.82 Å². The van der Waals surface area contributed by atoms with E-state index in [2.05, 4.69) is 15.1 Å². The third kappa shape index (κ3) is 5.25. The summed E-state index contributed by atoms with van der Waals surface area (Å²) < 4.78 is 30.6. The first kappa shape index (κ1) is 24.2. The van der Waals surface area contributed by atoms with Crippen LogP contribution in [-0.2, 0) is 27.9 Å². The van der Waals surface area contributed by atoms with Crippen molar-refractivity contribution in [3.05, 3.63) is 75.6 Å². The zero-order chi connectivity index (χ0) is 24.5. The second-order valence-electron chi connectivity index (χ2n) is 7.82. The van der Waals surface area contributed by atoms with Crippen LogP contribution in [0.25, 0.3) is 10.9 Å². The Balaban J connectivity index is 1.75. The van der Waals surface area contributed by atoms with E-state index in [-0.39, 0.29) is 15.9 Å². The van der Waals surface area contributed by atoms with Gasteiger partial charge in [-0.3, -0.25) is 14.2 Å². The Morgan fingerprint density at radius 1 is 1.18 bits per heavy atom. The molecule has 4 aromatic rings. The number of nitrogens with one attached hydrogen (secondary N) is 2. The predicted molar refractivity (Wildman–Crippen MR) is 134 cm³/mol. The lowest BCUT2D eigenvalue weighted by molar-refractivity contribution is -0.119. The van der Waals surface area contributed by atoms with Crippen LogP contribution >= 0.6 is 22.9 Å². The fraction of sp³-hybridized carbons (Fsp3) is 0.217. The van der Waals surface area contributed by atoms with E-state index < -0.39 is 16.1 Å². The zero-order valence-corrected chi connectivity index (χ0v) is 20.8. The molecule has 0 fully saturated rings. The predicted octanol–water partition coefficient (Wildman–Crippen LogP) is 4.29. The van der Waals surface area contributed by atoms with Crippen molar-refractivity contribution >= 4 is 55.6 Å². The van der Waals surface area contributed by atoms with E-state index in [1.54, 1.807) is 23.7 Å². The molecule has 0 saturated carbocycles. The molecule has 0 aliphatic carbocycles. The summed E-state index contributed by atoms with van der Waals surface area (Å²) >= 11 is 6.88. The van der Waals surface area contributed by atoms with Crippen molar-refractivity contribution in [2.75, 3.05) is 4.72 Å². The number of hydrogen-bond acceptors (Lipinski definition) is 6. The van der Waals surface area contributed by atoms with E-state index >= 15 is 0 Å². The Bertz CT molecular complexity index is 1460. The summed E-state index contributed by atoms with van der Waals surface area (Å²) in [5.41, 5.74) is 3.09. The standard InChI is InChI=1S/C23H23ClN4O4S2/c1-14(29)18-7-4-8-19-22(18)23(27-34(31,32)21-10-9-20(24)33-21)26-28(19)13-17-6-3-5-16(11-17)12-25-15(2)30/h3-11,14,29H,12-13H2,1-2H3,(H,25,30)(H,26,27). The van der Waals surface area contributed by atoms with Gasteiger partial charge in [0, 0.05) is 13.5 Å². The number of fused-ring (bicyclic) bond motifs is 1. The summed E-state index contributed by atoms with van der Waals surface area (Å²) in [6.45, 7) is 3.85. The minimum Gasteiger partial charge on any atom is -0.389 e. The molecule has 0 saturated heterocycles. The van der Waals surface area contributed by atoms with Crippen LogP contribution in [-0.4, -0.2) is 29.2 Å². The van der Waals surface area contributed by atoms with Gasteiger partial charge < -0.3 is 10.4 Å². The maximum atomic E-state index is 13.0. The molecule has 8 nitrogen and oxygen atoms in total. The minimum absolute atomic E-state index is 0.0698. The van der Waals surface area contributed by atoms with Crippen molar-refractivity contribution < 1.29 is 18.3 Å². The lowest BCUT2D eigenvalue weighted by Gasteiger charge is -2.09. The molecule has 2 aromatic heterocycles. The van der Waals surface area contributed by atoms with Crippen LogP contribution in [0.3, 0.4) is 0 Å². The Kier molecular flexibility index (Phi) is 6.94. The molecule has 0 spiro atoms. The van der Waals surface area contributed by atoms with Crippen LogP contribution in [0.2, 0.25) is 4.34 Å². The number of nitrogens with zero attached hydrogens (tertiary/aromatic N) is 2. The SMILES string of the molecule is CC(=O)NCc1cccc(Cn2nc(NS(=O)(=O)c3ccc(Cl)s3)c3c(C(C)O)cccc32)c1. The van der Waals surface area contributed by atoms with Gasteiger partial charge in [-0.2, -0.15) is 5.10 Å². The highest BCUT2D eigenvalue weighted by atomic mass is 35.5. The molecule has 34 heavy (non-hydrogen) atoms. The van der Waals surface area contributed by atoms with Gasteiger partial charge in [0.05, 0.1) is 27.9 Å². The van der Waals surface area contributed by atoms with Gasteiger partial charge in [-0.15, -0.1) is 11.3 Å². The highest BCUT2D eigenvalue weighted by Gasteiger charge is 2.23. The van der Waals surface area contributed by atoms with Crippen LogP contribution < -0.4 is 10.0 Å². The number of thiophene rings is 1. The van der Waals surface area contributed by atoms with Crippen LogP contribution in [0.15, 0.2) is 58.8 Å². The number of hydrogen-bond donors (Lipinski definition) is 3. The summed E-state index contributed by atoms with van der Waals surface area (Å²) in [5.74, 6) is 0.0171. The smallest absolute Gasteiger partial charge is 0.272 e. The summed E-state index contributed by atoms with van der Waals surface area (Å²) in [6.07, 6.45) is -0.832. The second-order valence-corrected chi connectivity index (χ2v) is 11.4. The molecular formula is C23H23ClN4O4S2. The van der Waals surface area contributed by atoms with Crippen molar-refractivity contribution in [2.45, 2.75) is 37.3 Å². The van der Waals surface area contributed by atoms with Crippen molar-refractivity contribution in [2.24, 2.45) is 0 Å². The highest BCUT2D eigenvalue weighted by molar-refractivity contribution is 7.94. The van der Waals surface area contributed by atoms with Crippen molar-refractivity contribution in [3.63, 3.8) is 0 Å². The van der Waals surface area contributed by atoms with Crippen molar-refractivity contribution in [3.8, 4) is 0 Å². The van der Waals surface area contributed by atoms with Crippen LogP contribution in [0.1, 0.15) is 36.6 Å². The average molecular weight is 519 g/mol. The molecule has 1 atom stereocenters. The molecule has 11 heteroatoms. The largest absolute Gasteiger partial charge is 0.389 e. The van der Waals surface area contributed by atoms with Gasteiger partial charge in [-0.25, -0.2) is 8.42 Å². The lowest BCUT2D eigenvalue weighted by atomic mass is 10.1. The number of carbonyl (C=O) groups excluding carboxylic acids is 1. The molecule has 4 rings (SSSR count). The fourth-order valence-corrected chi connectivity index (χ4v) is 6.14. The monoisotopic (exact) mass is 518 g/mol. The van der Waals surface area contributed by atoms with E-state index in [4.69, 9.17) is 11.6 Å². The van der Waals surface area contributed by atoms with Gasteiger partial charge in [0.25, 0.3) is 10.0 Å². The van der Waals surface area contributed by atoms with Crippen LogP contribution in [0.4, 0.5) is 5.82 Å². The van der Waals surface area contributed by atoms with E-state index in [0.717, 1.165) is 22.5 Å². The van der Waals surface area contributed by atoms with E-state index in [9.17, 15) is 18.3 Å². The summed E-state index contributed by atoms with van der Waals surface area (Å²) in [4.78, 5) is 11.2. The van der Waals surface area contributed by atoms with Gasteiger partial charge >= 0.3 is 0 Å². The number of halogens is 1. The van der Waals surface area contributed by atoms with Crippen LogP contribution in [0.5, 0.6) is 0 Å². The molecule has 0 bridgehead atoms. The Hall–Kier alpha value is -2.92. The number of sulfonamides is 1. The topological polar surface area (TPSA) is 113 Å². The number of rotatable bonds is 8. The first-order valence-corrected chi connectivity index (χ1v) is 13.1. The summed E-state index contributed by atoms with van der Waals surface area (Å²) in [6, 6.07) is 16.0. The molecule has 0 radical (unpaired) electrons. The molecule has 2 aromatic carbocycles. The molecule has 1 amide bonds. The molecule has 0 aliphatic rings. The highest BCUT2D eigenvalue weighted by Crippen LogP contribution is 2.34. The van der Waals surface area contributed by atoms with Gasteiger partial charge in [-0.05, 0) is 41.8 Å². The lowest BCUT2D eigenvalue weighted by Crippen LogP contribution is -2.19. The number of amides is 1. The maximum Gasteiger partial charge on any atom is 0.272 e. The molecule has 2 heterocycles. The van der Waals surface area contributed by atoms with Gasteiger partial charge in [0.2, 0.25) is 5.91 Å². The van der Waals surface area contributed by atoms with E-state index in [1.807, 2.05) is 30.3 Å². The van der Waals surface area contributed by atoms with E-state index in [0.29, 0.717) is 33.9 Å². The Morgan fingerprint density at radius 2 is 1.91 bits per heavy atom. The number of aromatic nitrogens is 2. The number of aliphatic hydroxyl groups excluding tert-OH is 1. The average Bonchev–Trinajstić information content (AvgIpc) is 3.37. The minimum atomic E-state index is -3.92. The normalized spacial score (nSPS) is 12.6. The number of carbonyl (C=O) groups is 1. The third-order valence-electron chi connectivity index (χ3n) is 5.17. The van der Waals surface area contributed by atoms with Crippen molar-refractivity contribution in [1.29, 1.82) is 0 Å². The maximum absolute atomic E-state index is 13.0. The van der Waals surface area contributed by atoms with Crippen molar-refractivity contribution in [1.82, 2.24) is 15.1 Å². The molecule has 1 unspecified atom stereocenters.